The van der Waals surface area contributed by atoms with Gasteiger partial charge in [0.2, 0.25) is 5.88 Å². The number of carbonyl (C=O) groups is 1. The molecule has 0 aliphatic carbocycles. The second-order valence-corrected chi connectivity index (χ2v) is 10.4. The number of rotatable bonds is 6. The first-order valence-corrected chi connectivity index (χ1v) is 13.5. The summed E-state index contributed by atoms with van der Waals surface area (Å²) in [6.07, 6.45) is 2.93. The van der Waals surface area contributed by atoms with Crippen LogP contribution in [0, 0.1) is 18.3 Å². The summed E-state index contributed by atoms with van der Waals surface area (Å²) in [7, 11) is 2.08. The van der Waals surface area contributed by atoms with Gasteiger partial charge in [-0.3, -0.25) is 5.10 Å². The van der Waals surface area contributed by atoms with Crippen LogP contribution >= 0.6 is 0 Å². The van der Waals surface area contributed by atoms with E-state index in [0.29, 0.717) is 61.1 Å². The van der Waals surface area contributed by atoms with Crippen LogP contribution in [0.4, 0.5) is 10.5 Å². The number of hydrogen-bond acceptors (Lipinski definition) is 8. The molecule has 1 amide bonds. The van der Waals surface area contributed by atoms with E-state index in [4.69, 9.17) is 14.5 Å². The van der Waals surface area contributed by atoms with Crippen molar-refractivity contribution in [1.82, 2.24) is 25.0 Å². The molecule has 1 atom stereocenters. The zero-order valence-corrected chi connectivity index (χ0v) is 22.6. The Balaban J connectivity index is 1.46. The molecule has 4 heterocycles. The lowest BCUT2D eigenvalue weighted by Crippen LogP contribution is -2.48. The molecule has 6 rings (SSSR count). The molecule has 11 nitrogen and oxygen atoms in total. The molecule has 0 saturated carbocycles. The van der Waals surface area contributed by atoms with E-state index < -0.39 is 6.09 Å². The molecule has 206 valence electrons. The highest BCUT2D eigenvalue weighted by molar-refractivity contribution is 5.99. The predicted octanol–water partition coefficient (Wildman–Crippen LogP) is 4.36. The summed E-state index contributed by atoms with van der Waals surface area (Å²) in [5.41, 5.74) is 3.43. The number of likely N-dealkylation sites (tertiary alicyclic amines) is 1. The lowest BCUT2D eigenvalue weighted by molar-refractivity contribution is 0.142. The fourth-order valence-electron chi connectivity index (χ4n) is 5.67. The quantitative estimate of drug-likeness (QED) is 0.366. The van der Waals surface area contributed by atoms with Crippen LogP contribution in [0.5, 0.6) is 17.4 Å². The van der Waals surface area contributed by atoms with Crippen molar-refractivity contribution in [3.8, 4) is 23.4 Å². The third kappa shape index (κ3) is 4.60. The van der Waals surface area contributed by atoms with Crippen molar-refractivity contribution < 1.29 is 19.4 Å². The summed E-state index contributed by atoms with van der Waals surface area (Å²) in [4.78, 5) is 22.1. The number of hydrogen-bond donors (Lipinski definition) is 2. The number of anilines is 1. The number of para-hydroxylation sites is 1. The van der Waals surface area contributed by atoms with Crippen molar-refractivity contribution in [1.29, 1.82) is 5.26 Å². The molecule has 1 unspecified atom stereocenters. The number of carboxylic acid groups (broad SMARTS) is 1. The number of likely N-dealkylation sites (N-methyl/N-ethyl adjacent to an activating group) is 1. The normalized spacial score (nSPS) is 17.9. The monoisotopic (exact) mass is 541 g/mol. The first-order valence-electron chi connectivity index (χ1n) is 13.5. The molecule has 2 aromatic heterocycles. The highest BCUT2D eigenvalue weighted by Gasteiger charge is 2.29. The average Bonchev–Trinajstić information content (AvgIpc) is 3.61. The predicted molar refractivity (Wildman–Crippen MR) is 150 cm³/mol. The van der Waals surface area contributed by atoms with Crippen molar-refractivity contribution in [3.05, 3.63) is 47.7 Å². The van der Waals surface area contributed by atoms with Gasteiger partial charge in [0, 0.05) is 37.6 Å². The summed E-state index contributed by atoms with van der Waals surface area (Å²) in [5.74, 6) is 1.48. The van der Waals surface area contributed by atoms with Gasteiger partial charge in [-0.05, 0) is 51.1 Å². The Labute approximate surface area is 231 Å². The van der Waals surface area contributed by atoms with Crippen molar-refractivity contribution in [3.63, 3.8) is 0 Å². The van der Waals surface area contributed by atoms with Crippen LogP contribution in [0.3, 0.4) is 0 Å². The van der Waals surface area contributed by atoms with Gasteiger partial charge in [-0.25, -0.2) is 9.78 Å². The topological polar surface area (TPSA) is 131 Å². The standard InChI is InChI=1S/C29H31N7O4/c1-18-8-9-23-22(16-31-33-23)27(18)40-24-7-3-6-20-25(24)32-28(39-17-19-5-4-10-34(19)2)21(15-30)26(20)35-11-13-36(14-12-35)29(37)38/h3,6-9,16,19H,4-5,10-14,17H2,1-2H3,(H,31,33)(H,37,38). The average molecular weight is 542 g/mol. The maximum absolute atomic E-state index is 11.5. The molecule has 2 saturated heterocycles. The third-order valence-electron chi connectivity index (χ3n) is 7.96. The smallest absolute Gasteiger partial charge is 0.407 e. The summed E-state index contributed by atoms with van der Waals surface area (Å²) >= 11 is 0. The van der Waals surface area contributed by atoms with Gasteiger partial charge in [-0.15, -0.1) is 0 Å². The molecule has 0 radical (unpaired) electrons. The number of amides is 1. The van der Waals surface area contributed by atoms with Crippen LogP contribution in [0.25, 0.3) is 21.8 Å². The van der Waals surface area contributed by atoms with Gasteiger partial charge in [0.15, 0.2) is 5.75 Å². The molecule has 4 aromatic rings. The second-order valence-electron chi connectivity index (χ2n) is 10.4. The largest absolute Gasteiger partial charge is 0.475 e. The van der Waals surface area contributed by atoms with Gasteiger partial charge in [0.25, 0.3) is 0 Å². The molecule has 2 aromatic carbocycles. The maximum Gasteiger partial charge on any atom is 0.407 e. The summed E-state index contributed by atoms with van der Waals surface area (Å²) in [5, 5.41) is 28.6. The molecule has 11 heteroatoms. The van der Waals surface area contributed by atoms with Gasteiger partial charge in [-0.1, -0.05) is 18.2 Å². The minimum Gasteiger partial charge on any atom is -0.475 e. The van der Waals surface area contributed by atoms with Crippen LogP contribution in [0.2, 0.25) is 0 Å². The molecule has 0 spiro atoms. The van der Waals surface area contributed by atoms with Gasteiger partial charge in [0.05, 0.1) is 22.8 Å². The number of aromatic amines is 1. The number of pyridine rings is 1. The number of nitriles is 1. The van der Waals surface area contributed by atoms with Crippen molar-refractivity contribution in [2.45, 2.75) is 25.8 Å². The van der Waals surface area contributed by atoms with Crippen LogP contribution in [0.15, 0.2) is 36.5 Å². The Bertz CT molecular complexity index is 1620. The molecule has 2 aliphatic heterocycles. The van der Waals surface area contributed by atoms with Gasteiger partial charge in [-0.2, -0.15) is 10.4 Å². The summed E-state index contributed by atoms with van der Waals surface area (Å²) < 4.78 is 12.8. The van der Waals surface area contributed by atoms with Crippen LogP contribution < -0.4 is 14.4 Å². The Morgan fingerprint density at radius 3 is 2.73 bits per heavy atom. The van der Waals surface area contributed by atoms with Crippen molar-refractivity contribution in [2.24, 2.45) is 0 Å². The number of piperazine rings is 1. The highest BCUT2D eigenvalue weighted by Crippen LogP contribution is 2.41. The van der Waals surface area contributed by atoms with Gasteiger partial charge in [0.1, 0.15) is 29.5 Å². The number of nitrogens with one attached hydrogen (secondary N) is 1. The number of H-pyrrole nitrogens is 1. The molecule has 40 heavy (non-hydrogen) atoms. The van der Waals surface area contributed by atoms with E-state index in [2.05, 4.69) is 33.1 Å². The fourth-order valence-corrected chi connectivity index (χ4v) is 5.67. The van der Waals surface area contributed by atoms with Crippen molar-refractivity contribution >= 4 is 33.6 Å². The number of aromatic nitrogens is 3. The lowest BCUT2D eigenvalue weighted by atomic mass is 10.1. The van der Waals surface area contributed by atoms with E-state index in [1.807, 2.05) is 37.3 Å². The summed E-state index contributed by atoms with van der Waals surface area (Å²) in [6, 6.07) is 12.2. The van der Waals surface area contributed by atoms with Crippen molar-refractivity contribution in [2.75, 3.05) is 51.3 Å². The summed E-state index contributed by atoms with van der Waals surface area (Å²) in [6.45, 7) is 4.99. The Morgan fingerprint density at radius 2 is 2.00 bits per heavy atom. The number of benzene rings is 2. The van der Waals surface area contributed by atoms with Gasteiger partial charge < -0.3 is 29.3 Å². The number of aryl methyl sites for hydroxylation is 1. The fraction of sp³-hybridized carbons (Fsp3) is 0.379. The SMILES string of the molecule is Cc1ccc2[nH]ncc2c1Oc1cccc2c(N3CCN(C(=O)O)CC3)c(C#N)c(OCC3CCCN3C)nc12. The molecule has 2 aliphatic rings. The van der Waals surface area contributed by atoms with Crippen LogP contribution in [-0.2, 0) is 0 Å². The van der Waals surface area contributed by atoms with Gasteiger partial charge >= 0.3 is 6.09 Å². The molecule has 2 N–H and O–H groups in total. The van der Waals surface area contributed by atoms with E-state index >= 15 is 0 Å². The number of fused-ring (bicyclic) bond motifs is 2. The molecular weight excluding hydrogens is 510 g/mol. The third-order valence-corrected chi connectivity index (χ3v) is 7.96. The minimum atomic E-state index is -0.941. The number of nitrogens with zero attached hydrogens (tertiary/aromatic N) is 6. The first kappa shape index (κ1) is 25.7. The Hall–Kier alpha value is -4.56. The lowest BCUT2D eigenvalue weighted by Gasteiger charge is -2.35. The minimum absolute atomic E-state index is 0.249. The first-order chi connectivity index (χ1) is 19.4. The van der Waals surface area contributed by atoms with E-state index in [9.17, 15) is 15.2 Å². The van der Waals surface area contributed by atoms with E-state index in [1.54, 1.807) is 6.20 Å². The number of ether oxygens (including phenoxy) is 2. The zero-order chi connectivity index (χ0) is 27.8. The Morgan fingerprint density at radius 1 is 1.18 bits per heavy atom. The maximum atomic E-state index is 11.5. The zero-order valence-electron chi connectivity index (χ0n) is 22.6. The van der Waals surface area contributed by atoms with E-state index in [-0.39, 0.29) is 11.9 Å². The molecular formula is C29H31N7O4. The Kier molecular flexibility index (Phi) is 6.77. The van der Waals surface area contributed by atoms with Crippen LogP contribution in [-0.4, -0.2) is 88.6 Å². The molecule has 0 bridgehead atoms. The van der Waals surface area contributed by atoms with E-state index in [0.717, 1.165) is 41.2 Å². The van der Waals surface area contributed by atoms with Crippen LogP contribution in [0.1, 0.15) is 24.0 Å². The van der Waals surface area contributed by atoms with E-state index in [1.165, 1.54) is 4.90 Å². The second kappa shape index (κ2) is 10.5. The highest BCUT2D eigenvalue weighted by atomic mass is 16.5. The molecule has 2 fully saturated rings.